The highest BCUT2D eigenvalue weighted by atomic mass is 19.3. The van der Waals surface area contributed by atoms with Crippen molar-refractivity contribution in [3.8, 4) is 22.6 Å². The molecule has 11 heteroatoms. The zero-order chi connectivity index (χ0) is 24.2. The number of anilines is 2. The smallest absolute Gasteiger partial charge is 0.336 e. The van der Waals surface area contributed by atoms with E-state index in [1.165, 1.54) is 4.57 Å². The van der Waals surface area contributed by atoms with Crippen molar-refractivity contribution in [1.82, 2.24) is 34.1 Å². The van der Waals surface area contributed by atoms with Crippen molar-refractivity contribution in [2.75, 3.05) is 5.32 Å². The summed E-state index contributed by atoms with van der Waals surface area (Å²) in [5.74, 6) is -2.58. The predicted molar refractivity (Wildman–Crippen MR) is 122 cm³/mol. The third-order valence-corrected chi connectivity index (χ3v) is 6.17. The van der Waals surface area contributed by atoms with E-state index in [4.69, 9.17) is 0 Å². The summed E-state index contributed by atoms with van der Waals surface area (Å²) in [5, 5.41) is 15.2. The van der Waals surface area contributed by atoms with Crippen LogP contribution in [0.25, 0.3) is 22.6 Å². The highest BCUT2D eigenvalue weighted by Gasteiger charge is 2.45. The van der Waals surface area contributed by atoms with E-state index in [1.54, 1.807) is 17.1 Å². The highest BCUT2D eigenvalue weighted by molar-refractivity contribution is 5.74. The van der Waals surface area contributed by atoms with Crippen molar-refractivity contribution in [1.29, 1.82) is 0 Å². The van der Waals surface area contributed by atoms with Crippen molar-refractivity contribution < 1.29 is 13.2 Å². The minimum Gasteiger partial charge on any atom is -0.344 e. The molecule has 5 heterocycles. The highest BCUT2D eigenvalue weighted by Crippen LogP contribution is 2.38. The summed E-state index contributed by atoms with van der Waals surface area (Å²) < 4.78 is 47.9. The largest absolute Gasteiger partial charge is 0.344 e. The first-order valence-corrected chi connectivity index (χ1v) is 11.0. The Kier molecular flexibility index (Phi) is 5.22. The van der Waals surface area contributed by atoms with Gasteiger partial charge in [0.25, 0.3) is 0 Å². The third kappa shape index (κ3) is 3.64. The first-order valence-electron chi connectivity index (χ1n) is 11.0. The lowest BCUT2D eigenvalue weighted by Crippen LogP contribution is -2.29. The fourth-order valence-electron chi connectivity index (χ4n) is 4.32. The molecule has 0 saturated heterocycles. The number of rotatable bonds is 5. The quantitative estimate of drug-likeness (QED) is 0.458. The number of halogens is 3. The first kappa shape index (κ1) is 22.2. The van der Waals surface area contributed by atoms with Gasteiger partial charge < -0.3 is 14.5 Å². The molecule has 4 aromatic heterocycles. The summed E-state index contributed by atoms with van der Waals surface area (Å²) >= 11 is 0. The number of aromatic nitrogens is 7. The molecule has 0 fully saturated rings. The second-order valence-electron chi connectivity index (χ2n) is 8.92. The normalized spacial score (nSPS) is 16.6. The van der Waals surface area contributed by atoms with Gasteiger partial charge in [0, 0.05) is 44.2 Å². The Balaban J connectivity index is 1.57. The van der Waals surface area contributed by atoms with Gasteiger partial charge in [-0.2, -0.15) is 13.9 Å². The van der Waals surface area contributed by atoms with Crippen LogP contribution in [-0.4, -0.2) is 40.3 Å². The molecule has 4 aromatic rings. The number of pyridine rings is 1. The number of aryl methyl sites for hydroxylation is 2. The number of fused-ring (bicyclic) bond motifs is 3. The summed E-state index contributed by atoms with van der Waals surface area (Å²) in [6.45, 7) is 5.66. The molecule has 2 unspecified atom stereocenters. The van der Waals surface area contributed by atoms with E-state index in [-0.39, 0.29) is 12.5 Å². The number of nitrogens with zero attached hydrogens (tertiary/aromatic N) is 7. The molecule has 1 N–H and O–H groups in total. The predicted octanol–water partition coefficient (Wildman–Crippen LogP) is 4.69. The van der Waals surface area contributed by atoms with Gasteiger partial charge in [-0.25, -0.2) is 9.37 Å². The van der Waals surface area contributed by atoms with Gasteiger partial charge in [-0.05, 0) is 43.0 Å². The fourth-order valence-corrected chi connectivity index (χ4v) is 4.32. The SMILES string of the molecule is Cc1cnc(Nc2ccnn2C)cc1-c1cc2n(c1)CC(C)Cn1c-2nnc1C(F)(F)C(C)F. The van der Waals surface area contributed by atoms with Crippen molar-refractivity contribution >= 4 is 11.6 Å². The zero-order valence-electron chi connectivity index (χ0n) is 19.3. The van der Waals surface area contributed by atoms with Crippen LogP contribution in [0.4, 0.5) is 24.8 Å². The van der Waals surface area contributed by atoms with Gasteiger partial charge >= 0.3 is 5.92 Å². The minimum atomic E-state index is -3.72. The zero-order valence-corrected chi connectivity index (χ0v) is 19.3. The molecule has 1 aliphatic rings. The van der Waals surface area contributed by atoms with Crippen LogP contribution < -0.4 is 5.32 Å². The maximum Gasteiger partial charge on any atom is 0.336 e. The Morgan fingerprint density at radius 2 is 2.00 bits per heavy atom. The second-order valence-corrected chi connectivity index (χ2v) is 8.92. The standard InChI is InChI=1S/C23H25F3N8/c1-13-10-33-12-16(17-8-19(27-9-14(17)2)29-20-5-6-28-32(20)4)7-18(33)21-30-31-22(34(21)11-13)23(25,26)15(3)24/h5-9,12-13,15H,10-11H2,1-4H3,(H,27,29). The topological polar surface area (TPSA) is 78.4 Å². The Morgan fingerprint density at radius 3 is 2.71 bits per heavy atom. The van der Waals surface area contributed by atoms with Gasteiger partial charge in [-0.3, -0.25) is 4.68 Å². The average molecular weight is 471 g/mol. The maximum atomic E-state index is 14.6. The molecule has 0 aliphatic carbocycles. The van der Waals surface area contributed by atoms with Gasteiger partial charge in [0.05, 0.1) is 11.9 Å². The summed E-state index contributed by atoms with van der Waals surface area (Å²) in [4.78, 5) is 4.47. The average Bonchev–Trinajstić information content (AvgIpc) is 3.47. The van der Waals surface area contributed by atoms with E-state index in [2.05, 4.69) is 25.6 Å². The van der Waals surface area contributed by atoms with E-state index in [1.807, 2.05) is 49.9 Å². The van der Waals surface area contributed by atoms with Crippen LogP contribution in [0.2, 0.25) is 0 Å². The van der Waals surface area contributed by atoms with Crippen LogP contribution in [0.1, 0.15) is 25.2 Å². The van der Waals surface area contributed by atoms with Crippen LogP contribution in [0, 0.1) is 12.8 Å². The van der Waals surface area contributed by atoms with Gasteiger partial charge in [0.1, 0.15) is 11.6 Å². The molecule has 2 atom stereocenters. The summed E-state index contributed by atoms with van der Waals surface area (Å²) in [7, 11) is 1.83. The molecule has 8 nitrogen and oxygen atoms in total. The van der Waals surface area contributed by atoms with Crippen molar-refractivity contribution in [3.63, 3.8) is 0 Å². The molecular weight excluding hydrogens is 445 g/mol. The van der Waals surface area contributed by atoms with E-state index in [0.29, 0.717) is 23.9 Å². The third-order valence-electron chi connectivity index (χ3n) is 6.17. The number of hydrogen-bond acceptors (Lipinski definition) is 5. The molecule has 0 aromatic carbocycles. The summed E-state index contributed by atoms with van der Waals surface area (Å²) in [6.07, 6.45) is 3.10. The van der Waals surface area contributed by atoms with Gasteiger partial charge in [0.2, 0.25) is 5.82 Å². The molecule has 5 rings (SSSR count). The van der Waals surface area contributed by atoms with Crippen molar-refractivity contribution in [2.24, 2.45) is 13.0 Å². The molecule has 0 bridgehead atoms. The molecule has 178 valence electrons. The van der Waals surface area contributed by atoms with E-state index in [0.717, 1.165) is 29.4 Å². The molecule has 34 heavy (non-hydrogen) atoms. The van der Waals surface area contributed by atoms with Crippen LogP contribution in [-0.2, 0) is 26.1 Å². The fraction of sp³-hybridized carbons (Fsp3) is 0.391. The van der Waals surface area contributed by atoms with E-state index < -0.39 is 17.9 Å². The Hall–Kier alpha value is -3.63. The summed E-state index contributed by atoms with van der Waals surface area (Å²) in [5.41, 5.74) is 3.47. The van der Waals surface area contributed by atoms with Crippen molar-refractivity contribution in [3.05, 3.63) is 48.2 Å². The van der Waals surface area contributed by atoms with Crippen LogP contribution in [0.3, 0.4) is 0 Å². The molecule has 0 spiro atoms. The maximum absolute atomic E-state index is 14.6. The molecular formula is C23H25F3N8. The Bertz CT molecular complexity index is 1350. The van der Waals surface area contributed by atoms with E-state index >= 15 is 0 Å². The monoisotopic (exact) mass is 470 g/mol. The molecule has 0 amide bonds. The first-order chi connectivity index (χ1) is 16.1. The van der Waals surface area contributed by atoms with E-state index in [9.17, 15) is 13.2 Å². The lowest BCUT2D eigenvalue weighted by Gasteiger charge is -2.19. The summed E-state index contributed by atoms with van der Waals surface area (Å²) in [6, 6.07) is 5.70. The minimum absolute atomic E-state index is 0.0151. The van der Waals surface area contributed by atoms with Crippen molar-refractivity contribution in [2.45, 2.75) is 46.0 Å². The molecule has 0 saturated carbocycles. The Labute approximate surface area is 194 Å². The Morgan fingerprint density at radius 1 is 1.21 bits per heavy atom. The van der Waals surface area contributed by atoms with Gasteiger partial charge in [0.15, 0.2) is 12.0 Å². The molecule has 1 aliphatic heterocycles. The van der Waals surface area contributed by atoms with Gasteiger partial charge in [-0.1, -0.05) is 6.92 Å². The van der Waals surface area contributed by atoms with Crippen LogP contribution in [0.15, 0.2) is 36.8 Å². The number of hydrogen-bond donors (Lipinski definition) is 1. The lowest BCUT2D eigenvalue weighted by atomic mass is 10.0. The number of alkyl halides is 3. The van der Waals surface area contributed by atoms with Crippen LogP contribution >= 0.6 is 0 Å². The molecule has 0 radical (unpaired) electrons. The van der Waals surface area contributed by atoms with Gasteiger partial charge in [-0.15, -0.1) is 10.2 Å². The number of nitrogens with one attached hydrogen (secondary N) is 1. The lowest BCUT2D eigenvalue weighted by molar-refractivity contribution is -0.0818. The van der Waals surface area contributed by atoms with Crippen LogP contribution in [0.5, 0.6) is 0 Å². The second kappa shape index (κ2) is 8.00.